The van der Waals surface area contributed by atoms with Crippen molar-refractivity contribution >= 4 is 23.5 Å². The van der Waals surface area contributed by atoms with Gasteiger partial charge in [0, 0.05) is 12.6 Å². The molecule has 0 heterocycles. The van der Waals surface area contributed by atoms with Gasteiger partial charge in [0.1, 0.15) is 0 Å². The molecule has 0 unspecified atom stereocenters. The normalized spacial score (nSPS) is 13.7. The number of aryl methyl sites for hydroxylation is 2. The number of nitrogens with one attached hydrogen (secondary N) is 2. The Morgan fingerprint density at radius 1 is 1.03 bits per heavy atom. The van der Waals surface area contributed by atoms with E-state index in [9.17, 15) is 14.4 Å². The van der Waals surface area contributed by atoms with Crippen LogP contribution in [0.15, 0.2) is 42.5 Å². The molecule has 0 aromatic heterocycles. The van der Waals surface area contributed by atoms with Crippen molar-refractivity contribution in [3.8, 4) is 0 Å². The molecule has 1 atom stereocenters. The molecule has 2 N–H and O–H groups in total. The first-order valence-corrected chi connectivity index (χ1v) is 9.88. The number of amides is 2. The lowest BCUT2D eigenvalue weighted by Gasteiger charge is -2.20. The number of carbonyl (C=O) groups is 3. The third kappa shape index (κ3) is 5.67. The maximum atomic E-state index is 12.2. The zero-order valence-corrected chi connectivity index (χ0v) is 16.8. The second kappa shape index (κ2) is 9.37. The van der Waals surface area contributed by atoms with Gasteiger partial charge in [0.25, 0.3) is 5.91 Å². The summed E-state index contributed by atoms with van der Waals surface area (Å²) in [5, 5.41) is 5.48. The Kier molecular flexibility index (Phi) is 6.65. The molecule has 2 aromatic rings. The molecule has 2 amide bonds. The van der Waals surface area contributed by atoms with E-state index in [0.717, 1.165) is 18.4 Å². The SMILES string of the molecule is CC(=O)Nc1cccc(C(=O)OCC(=O)N[C@H](C)c2ccc3c(c2)CCCC3)c1. The Balaban J connectivity index is 1.53. The first kappa shape index (κ1) is 20.6. The van der Waals surface area contributed by atoms with E-state index in [0.29, 0.717) is 5.69 Å². The topological polar surface area (TPSA) is 84.5 Å². The van der Waals surface area contributed by atoms with Crippen LogP contribution in [0, 0.1) is 0 Å². The molecule has 0 aliphatic heterocycles. The van der Waals surface area contributed by atoms with Gasteiger partial charge in [0.05, 0.1) is 11.6 Å². The van der Waals surface area contributed by atoms with E-state index in [1.807, 2.05) is 6.92 Å². The number of hydrogen-bond donors (Lipinski definition) is 2. The van der Waals surface area contributed by atoms with E-state index in [2.05, 4.69) is 28.8 Å². The number of ether oxygens (including phenoxy) is 1. The van der Waals surface area contributed by atoms with E-state index < -0.39 is 5.97 Å². The standard InChI is InChI=1S/C23H26N2O4/c1-15(18-11-10-17-6-3-4-7-19(17)12-18)24-22(27)14-29-23(28)20-8-5-9-21(13-20)25-16(2)26/h5,8-13,15H,3-4,6-7,14H2,1-2H3,(H,24,27)(H,25,26)/t15-/m1/s1. The maximum Gasteiger partial charge on any atom is 0.338 e. The predicted molar refractivity (Wildman–Crippen MR) is 111 cm³/mol. The van der Waals surface area contributed by atoms with Crippen LogP contribution in [0.3, 0.4) is 0 Å². The monoisotopic (exact) mass is 394 g/mol. The summed E-state index contributed by atoms with van der Waals surface area (Å²) in [5.41, 5.74) is 4.58. The number of rotatable bonds is 6. The first-order valence-electron chi connectivity index (χ1n) is 9.88. The van der Waals surface area contributed by atoms with Crippen molar-refractivity contribution in [1.82, 2.24) is 5.32 Å². The minimum absolute atomic E-state index is 0.170. The molecule has 0 radical (unpaired) electrons. The Hall–Kier alpha value is -3.15. The third-order valence-corrected chi connectivity index (χ3v) is 5.00. The van der Waals surface area contributed by atoms with E-state index in [1.54, 1.807) is 18.2 Å². The molecular weight excluding hydrogens is 368 g/mol. The largest absolute Gasteiger partial charge is 0.452 e. The van der Waals surface area contributed by atoms with Gasteiger partial charge in [0.2, 0.25) is 5.91 Å². The summed E-state index contributed by atoms with van der Waals surface area (Å²) >= 11 is 0. The minimum Gasteiger partial charge on any atom is -0.452 e. The molecule has 29 heavy (non-hydrogen) atoms. The van der Waals surface area contributed by atoms with Crippen LogP contribution in [0.25, 0.3) is 0 Å². The predicted octanol–water partition coefficient (Wildman–Crippen LogP) is 3.56. The summed E-state index contributed by atoms with van der Waals surface area (Å²) in [6.45, 7) is 2.94. The summed E-state index contributed by atoms with van der Waals surface area (Å²) in [6.07, 6.45) is 4.64. The summed E-state index contributed by atoms with van der Waals surface area (Å²) in [4.78, 5) is 35.5. The lowest BCUT2D eigenvalue weighted by atomic mass is 9.89. The lowest BCUT2D eigenvalue weighted by molar-refractivity contribution is -0.124. The number of carbonyl (C=O) groups excluding carboxylic acids is 3. The first-order chi connectivity index (χ1) is 13.9. The highest BCUT2D eigenvalue weighted by Crippen LogP contribution is 2.24. The van der Waals surface area contributed by atoms with Gasteiger partial charge in [-0.15, -0.1) is 0 Å². The zero-order chi connectivity index (χ0) is 20.8. The molecule has 6 nitrogen and oxygen atoms in total. The van der Waals surface area contributed by atoms with Gasteiger partial charge in [-0.1, -0.05) is 24.3 Å². The fourth-order valence-corrected chi connectivity index (χ4v) is 3.53. The third-order valence-electron chi connectivity index (χ3n) is 5.00. The highest BCUT2D eigenvalue weighted by Gasteiger charge is 2.16. The molecule has 152 valence electrons. The van der Waals surface area contributed by atoms with E-state index in [-0.39, 0.29) is 30.0 Å². The molecule has 2 aromatic carbocycles. The van der Waals surface area contributed by atoms with Gasteiger partial charge < -0.3 is 15.4 Å². The summed E-state index contributed by atoms with van der Waals surface area (Å²) in [6, 6.07) is 12.6. The minimum atomic E-state index is -0.617. The van der Waals surface area contributed by atoms with Crippen LogP contribution in [-0.2, 0) is 27.2 Å². The number of fused-ring (bicyclic) bond motifs is 1. The van der Waals surface area contributed by atoms with Crippen molar-refractivity contribution in [3.63, 3.8) is 0 Å². The number of benzene rings is 2. The number of anilines is 1. The fraction of sp³-hybridized carbons (Fsp3) is 0.348. The molecule has 0 saturated heterocycles. The van der Waals surface area contributed by atoms with E-state index >= 15 is 0 Å². The molecule has 1 aliphatic rings. The number of esters is 1. The van der Waals surface area contributed by atoms with Gasteiger partial charge >= 0.3 is 5.97 Å². The zero-order valence-electron chi connectivity index (χ0n) is 16.8. The average molecular weight is 394 g/mol. The molecule has 6 heteroatoms. The molecular formula is C23H26N2O4. The van der Waals surface area contributed by atoms with Crippen LogP contribution in [-0.4, -0.2) is 24.4 Å². The van der Waals surface area contributed by atoms with Crippen LogP contribution in [0.4, 0.5) is 5.69 Å². The molecule has 1 aliphatic carbocycles. The Bertz CT molecular complexity index is 923. The van der Waals surface area contributed by atoms with Gasteiger partial charge in [-0.05, 0) is 67.5 Å². The molecule has 0 spiro atoms. The van der Waals surface area contributed by atoms with Crippen molar-refractivity contribution in [2.24, 2.45) is 0 Å². The Morgan fingerprint density at radius 3 is 2.55 bits per heavy atom. The van der Waals surface area contributed by atoms with E-state index in [1.165, 1.54) is 37.0 Å². The van der Waals surface area contributed by atoms with Crippen molar-refractivity contribution in [1.29, 1.82) is 0 Å². The Labute approximate surface area is 170 Å². The molecule has 3 rings (SSSR count). The second-order valence-corrected chi connectivity index (χ2v) is 7.36. The van der Waals surface area contributed by atoms with E-state index in [4.69, 9.17) is 4.74 Å². The van der Waals surface area contributed by atoms with Crippen molar-refractivity contribution in [3.05, 3.63) is 64.7 Å². The lowest BCUT2D eigenvalue weighted by Crippen LogP contribution is -2.31. The van der Waals surface area contributed by atoms with Gasteiger partial charge in [-0.2, -0.15) is 0 Å². The molecule has 0 saturated carbocycles. The van der Waals surface area contributed by atoms with Crippen LogP contribution < -0.4 is 10.6 Å². The average Bonchev–Trinajstić information content (AvgIpc) is 2.71. The summed E-state index contributed by atoms with van der Waals surface area (Å²) < 4.78 is 5.11. The van der Waals surface area contributed by atoms with Gasteiger partial charge in [0.15, 0.2) is 6.61 Å². The highest BCUT2D eigenvalue weighted by atomic mass is 16.5. The van der Waals surface area contributed by atoms with Crippen LogP contribution in [0.2, 0.25) is 0 Å². The van der Waals surface area contributed by atoms with Crippen molar-refractivity contribution in [2.75, 3.05) is 11.9 Å². The summed E-state index contributed by atoms with van der Waals surface area (Å²) in [7, 11) is 0. The number of hydrogen-bond acceptors (Lipinski definition) is 4. The smallest absolute Gasteiger partial charge is 0.338 e. The van der Waals surface area contributed by atoms with Gasteiger partial charge in [-0.25, -0.2) is 4.79 Å². The van der Waals surface area contributed by atoms with Crippen molar-refractivity contribution in [2.45, 2.75) is 45.6 Å². The maximum absolute atomic E-state index is 12.2. The fourth-order valence-electron chi connectivity index (χ4n) is 3.53. The van der Waals surface area contributed by atoms with Crippen LogP contribution >= 0.6 is 0 Å². The second-order valence-electron chi connectivity index (χ2n) is 7.36. The van der Waals surface area contributed by atoms with Crippen molar-refractivity contribution < 1.29 is 19.1 Å². The van der Waals surface area contributed by atoms with Gasteiger partial charge in [-0.3, -0.25) is 9.59 Å². The quantitative estimate of drug-likeness (QED) is 0.734. The molecule has 0 fully saturated rings. The molecule has 0 bridgehead atoms. The highest BCUT2D eigenvalue weighted by molar-refractivity contribution is 5.94. The van der Waals surface area contributed by atoms with Crippen LogP contribution in [0.1, 0.15) is 59.8 Å². The summed E-state index contributed by atoms with van der Waals surface area (Å²) in [5.74, 6) is -1.21. The Morgan fingerprint density at radius 2 is 1.79 bits per heavy atom. The van der Waals surface area contributed by atoms with Crippen LogP contribution in [0.5, 0.6) is 0 Å².